The number of carbonyl (C=O) groups is 1. The van der Waals surface area contributed by atoms with Crippen LogP contribution in [0.4, 0.5) is 5.69 Å². The first-order valence-electron chi connectivity index (χ1n) is 9.22. The average molecular weight is 349 g/mol. The van der Waals surface area contributed by atoms with Crippen molar-refractivity contribution in [3.8, 4) is 0 Å². The molecule has 2 aromatic rings. The van der Waals surface area contributed by atoms with E-state index in [1.54, 1.807) is 6.21 Å². The lowest BCUT2D eigenvalue weighted by Crippen LogP contribution is -2.19. The normalized spacial score (nSPS) is 14.8. The Morgan fingerprint density at radius 1 is 1.00 bits per heavy atom. The van der Waals surface area contributed by atoms with Gasteiger partial charge in [0.1, 0.15) is 0 Å². The first-order chi connectivity index (χ1) is 12.4. The Hall–Kier alpha value is -2.62. The number of rotatable bonds is 4. The predicted molar refractivity (Wildman–Crippen MR) is 108 cm³/mol. The second kappa shape index (κ2) is 7.73. The van der Waals surface area contributed by atoms with Gasteiger partial charge >= 0.3 is 0 Å². The molecule has 0 radical (unpaired) electrons. The van der Waals surface area contributed by atoms with E-state index >= 15 is 0 Å². The lowest BCUT2D eigenvalue weighted by molar-refractivity contribution is 0.0955. The fourth-order valence-electron chi connectivity index (χ4n) is 3.10. The molecule has 0 saturated carbocycles. The summed E-state index contributed by atoms with van der Waals surface area (Å²) in [6.45, 7) is 8.76. The third-order valence-corrected chi connectivity index (χ3v) is 4.76. The molecule has 3 rings (SSSR count). The summed E-state index contributed by atoms with van der Waals surface area (Å²) < 4.78 is 0. The minimum absolute atomic E-state index is 0.130. The van der Waals surface area contributed by atoms with E-state index in [0.29, 0.717) is 5.56 Å². The molecular weight excluding hydrogens is 322 g/mol. The summed E-state index contributed by atoms with van der Waals surface area (Å²) in [5, 5.41) is 4.07. The van der Waals surface area contributed by atoms with Crippen LogP contribution in [0.5, 0.6) is 0 Å². The lowest BCUT2D eigenvalue weighted by Gasteiger charge is -2.18. The van der Waals surface area contributed by atoms with Gasteiger partial charge in [-0.3, -0.25) is 4.79 Å². The summed E-state index contributed by atoms with van der Waals surface area (Å²) in [5.41, 5.74) is 6.76. The van der Waals surface area contributed by atoms with Crippen LogP contribution in [0.3, 0.4) is 0 Å². The van der Waals surface area contributed by atoms with Gasteiger partial charge < -0.3 is 4.90 Å². The van der Waals surface area contributed by atoms with Crippen molar-refractivity contribution in [2.75, 3.05) is 18.0 Å². The molecule has 0 atom stereocenters. The van der Waals surface area contributed by atoms with Gasteiger partial charge in [0.25, 0.3) is 5.91 Å². The summed E-state index contributed by atoms with van der Waals surface area (Å²) in [6.07, 6.45) is 4.16. The molecule has 0 unspecified atom stereocenters. The van der Waals surface area contributed by atoms with Crippen molar-refractivity contribution >= 4 is 17.8 Å². The van der Waals surface area contributed by atoms with Crippen LogP contribution < -0.4 is 10.3 Å². The second-order valence-corrected chi connectivity index (χ2v) is 7.81. The van der Waals surface area contributed by atoms with Gasteiger partial charge in [-0.05, 0) is 53.6 Å². The Kier molecular flexibility index (Phi) is 5.40. The molecule has 1 heterocycles. The highest BCUT2D eigenvalue weighted by atomic mass is 16.2. The molecule has 1 saturated heterocycles. The monoisotopic (exact) mass is 349 g/mol. The summed E-state index contributed by atoms with van der Waals surface area (Å²) in [6, 6.07) is 16.0. The zero-order chi connectivity index (χ0) is 18.6. The highest BCUT2D eigenvalue weighted by molar-refractivity contribution is 5.95. The fraction of sp³-hybridized carbons (Fsp3) is 0.364. The van der Waals surface area contributed by atoms with E-state index in [4.69, 9.17) is 0 Å². The zero-order valence-corrected chi connectivity index (χ0v) is 15.8. The standard InChI is InChI=1S/C22H27N3O/c1-22(2,3)19-10-6-17(7-11-19)16-23-24-21(26)18-8-12-20(13-9-18)25-14-4-5-15-25/h6-13,16H,4-5,14-15H2,1-3H3,(H,24,26)/b23-16-. The number of hydrazone groups is 1. The van der Waals surface area contributed by atoms with Crippen molar-refractivity contribution < 1.29 is 4.79 Å². The third kappa shape index (κ3) is 4.51. The number of hydrogen-bond acceptors (Lipinski definition) is 3. The lowest BCUT2D eigenvalue weighted by atomic mass is 9.87. The molecule has 1 aliphatic heterocycles. The number of nitrogens with zero attached hydrogens (tertiary/aromatic N) is 2. The van der Waals surface area contributed by atoms with Gasteiger partial charge in [-0.1, -0.05) is 45.0 Å². The van der Waals surface area contributed by atoms with Crippen LogP contribution in [0, 0.1) is 0 Å². The minimum Gasteiger partial charge on any atom is -0.372 e. The molecular formula is C22H27N3O. The summed E-state index contributed by atoms with van der Waals surface area (Å²) in [7, 11) is 0. The second-order valence-electron chi connectivity index (χ2n) is 7.81. The molecule has 136 valence electrons. The SMILES string of the molecule is CC(C)(C)c1ccc(/C=N\NC(=O)c2ccc(N3CCCC3)cc2)cc1. The minimum atomic E-state index is -0.194. The molecule has 4 nitrogen and oxygen atoms in total. The van der Waals surface area contributed by atoms with Crippen molar-refractivity contribution in [2.24, 2.45) is 5.10 Å². The van der Waals surface area contributed by atoms with E-state index < -0.39 is 0 Å². The molecule has 1 N–H and O–H groups in total. The molecule has 0 aliphatic carbocycles. The quantitative estimate of drug-likeness (QED) is 0.659. The van der Waals surface area contributed by atoms with Gasteiger partial charge in [-0.25, -0.2) is 5.43 Å². The molecule has 1 fully saturated rings. The highest BCUT2D eigenvalue weighted by Gasteiger charge is 2.13. The Morgan fingerprint density at radius 2 is 1.62 bits per heavy atom. The summed E-state index contributed by atoms with van der Waals surface area (Å²) in [5.74, 6) is -0.194. The van der Waals surface area contributed by atoms with Crippen LogP contribution in [0.15, 0.2) is 53.6 Å². The number of anilines is 1. The van der Waals surface area contributed by atoms with Crippen molar-refractivity contribution in [1.82, 2.24) is 5.43 Å². The number of nitrogens with one attached hydrogen (secondary N) is 1. The van der Waals surface area contributed by atoms with Crippen molar-refractivity contribution in [1.29, 1.82) is 0 Å². The largest absolute Gasteiger partial charge is 0.372 e. The van der Waals surface area contributed by atoms with Crippen LogP contribution >= 0.6 is 0 Å². The first-order valence-corrected chi connectivity index (χ1v) is 9.22. The molecule has 2 aromatic carbocycles. The first kappa shape index (κ1) is 18.2. The van der Waals surface area contributed by atoms with Crippen molar-refractivity contribution in [2.45, 2.75) is 39.0 Å². The fourth-order valence-corrected chi connectivity index (χ4v) is 3.10. The van der Waals surface area contributed by atoms with E-state index in [1.807, 2.05) is 36.4 Å². The number of hydrogen-bond donors (Lipinski definition) is 1. The average Bonchev–Trinajstić information content (AvgIpc) is 3.16. The molecule has 1 amide bonds. The van der Waals surface area contributed by atoms with Crippen LogP contribution in [-0.2, 0) is 5.41 Å². The number of carbonyl (C=O) groups excluding carboxylic acids is 1. The van der Waals surface area contributed by atoms with Crippen LogP contribution in [0.2, 0.25) is 0 Å². The maximum Gasteiger partial charge on any atom is 0.271 e. The zero-order valence-electron chi connectivity index (χ0n) is 15.8. The molecule has 0 bridgehead atoms. The van der Waals surface area contributed by atoms with E-state index in [9.17, 15) is 4.79 Å². The number of benzene rings is 2. The van der Waals surface area contributed by atoms with E-state index in [2.05, 4.69) is 48.3 Å². The molecule has 0 aromatic heterocycles. The Morgan fingerprint density at radius 3 is 2.19 bits per heavy atom. The smallest absolute Gasteiger partial charge is 0.271 e. The van der Waals surface area contributed by atoms with Crippen LogP contribution in [0.25, 0.3) is 0 Å². The molecule has 4 heteroatoms. The van der Waals surface area contributed by atoms with Gasteiger partial charge in [-0.15, -0.1) is 0 Å². The maximum atomic E-state index is 12.2. The maximum absolute atomic E-state index is 12.2. The Bertz CT molecular complexity index is 765. The topological polar surface area (TPSA) is 44.7 Å². The predicted octanol–water partition coefficient (Wildman–Crippen LogP) is 4.35. The molecule has 1 aliphatic rings. The highest BCUT2D eigenvalue weighted by Crippen LogP contribution is 2.22. The van der Waals surface area contributed by atoms with Gasteiger partial charge in [0, 0.05) is 24.3 Å². The summed E-state index contributed by atoms with van der Waals surface area (Å²) in [4.78, 5) is 14.6. The van der Waals surface area contributed by atoms with Crippen LogP contribution in [0.1, 0.15) is 55.1 Å². The van der Waals surface area contributed by atoms with Gasteiger partial charge in [0.05, 0.1) is 6.21 Å². The van der Waals surface area contributed by atoms with E-state index in [0.717, 1.165) is 18.7 Å². The molecule has 26 heavy (non-hydrogen) atoms. The number of amides is 1. The van der Waals surface area contributed by atoms with E-state index in [1.165, 1.54) is 24.1 Å². The third-order valence-electron chi connectivity index (χ3n) is 4.76. The Balaban J connectivity index is 1.57. The Labute approximate surface area is 155 Å². The van der Waals surface area contributed by atoms with Gasteiger partial charge in [0.2, 0.25) is 0 Å². The van der Waals surface area contributed by atoms with E-state index in [-0.39, 0.29) is 11.3 Å². The van der Waals surface area contributed by atoms with Crippen LogP contribution in [-0.4, -0.2) is 25.2 Å². The van der Waals surface area contributed by atoms with Gasteiger partial charge in [0.15, 0.2) is 0 Å². The summed E-state index contributed by atoms with van der Waals surface area (Å²) >= 11 is 0. The van der Waals surface area contributed by atoms with Gasteiger partial charge in [-0.2, -0.15) is 5.10 Å². The van der Waals surface area contributed by atoms with Crippen molar-refractivity contribution in [3.63, 3.8) is 0 Å². The van der Waals surface area contributed by atoms with Crippen molar-refractivity contribution in [3.05, 3.63) is 65.2 Å². The molecule has 0 spiro atoms.